The summed E-state index contributed by atoms with van der Waals surface area (Å²) >= 11 is 0. The molecule has 0 amide bonds. The van der Waals surface area contributed by atoms with Crippen molar-refractivity contribution in [1.82, 2.24) is 15.5 Å². The summed E-state index contributed by atoms with van der Waals surface area (Å²) in [5, 5.41) is 6.63. The highest BCUT2D eigenvalue weighted by Gasteiger charge is 2.21. The maximum absolute atomic E-state index is 5.77. The van der Waals surface area contributed by atoms with Crippen LogP contribution in [0.2, 0.25) is 0 Å². The minimum atomic E-state index is 0. The molecule has 26 heavy (non-hydrogen) atoms. The van der Waals surface area contributed by atoms with Gasteiger partial charge in [0.1, 0.15) is 12.4 Å². The molecule has 0 radical (unpaired) electrons. The first-order valence-electron chi connectivity index (χ1n) is 9.17. The lowest BCUT2D eigenvalue weighted by Gasteiger charge is -2.35. The molecule has 6 nitrogen and oxygen atoms in total. The molecule has 2 N–H and O–H groups in total. The number of para-hydroxylation sites is 1. The lowest BCUT2D eigenvalue weighted by molar-refractivity contribution is -0.0679. The number of morpholine rings is 1. The van der Waals surface area contributed by atoms with E-state index < -0.39 is 0 Å². The van der Waals surface area contributed by atoms with E-state index >= 15 is 0 Å². The predicted molar refractivity (Wildman–Crippen MR) is 118 cm³/mol. The maximum Gasteiger partial charge on any atom is 0.191 e. The van der Waals surface area contributed by atoms with Crippen molar-refractivity contribution >= 4 is 29.9 Å². The zero-order chi connectivity index (χ0) is 17.9. The molecule has 2 atom stereocenters. The number of ether oxygens (including phenoxy) is 2. The second-order valence-corrected chi connectivity index (χ2v) is 6.46. The van der Waals surface area contributed by atoms with Crippen molar-refractivity contribution in [1.29, 1.82) is 0 Å². The second kappa shape index (κ2) is 13.2. The third kappa shape index (κ3) is 9.05. The average Bonchev–Trinajstić information content (AvgIpc) is 2.60. The van der Waals surface area contributed by atoms with Gasteiger partial charge >= 0.3 is 0 Å². The Morgan fingerprint density at radius 1 is 1.15 bits per heavy atom. The number of hydrogen-bond acceptors (Lipinski definition) is 4. The van der Waals surface area contributed by atoms with Crippen molar-refractivity contribution in [3.8, 4) is 5.75 Å². The quantitative estimate of drug-likeness (QED) is 0.261. The SMILES string of the molecule is CN=C(NCCCN1CC(C)OC(C)C1)NCCOc1ccccc1.I. The monoisotopic (exact) mass is 476 g/mol. The van der Waals surface area contributed by atoms with Gasteiger partial charge in [0.05, 0.1) is 18.8 Å². The molecule has 1 fully saturated rings. The van der Waals surface area contributed by atoms with Gasteiger partial charge in [-0.25, -0.2) is 0 Å². The number of nitrogens with zero attached hydrogens (tertiary/aromatic N) is 2. The van der Waals surface area contributed by atoms with Crippen molar-refractivity contribution in [2.75, 3.05) is 46.4 Å². The molecule has 2 unspecified atom stereocenters. The Morgan fingerprint density at radius 3 is 2.46 bits per heavy atom. The van der Waals surface area contributed by atoms with Crippen LogP contribution in [0.3, 0.4) is 0 Å². The third-order valence-corrected chi connectivity index (χ3v) is 4.07. The molecule has 0 bridgehead atoms. The van der Waals surface area contributed by atoms with Gasteiger partial charge in [-0.2, -0.15) is 0 Å². The van der Waals surface area contributed by atoms with E-state index in [0.29, 0.717) is 25.4 Å². The van der Waals surface area contributed by atoms with E-state index in [2.05, 4.69) is 34.4 Å². The summed E-state index contributed by atoms with van der Waals surface area (Å²) in [5.41, 5.74) is 0. The Hall–Kier alpha value is -1.06. The lowest BCUT2D eigenvalue weighted by Crippen LogP contribution is -2.46. The van der Waals surface area contributed by atoms with E-state index in [1.165, 1.54) is 0 Å². The Morgan fingerprint density at radius 2 is 1.81 bits per heavy atom. The highest BCUT2D eigenvalue weighted by atomic mass is 127. The van der Waals surface area contributed by atoms with Crippen LogP contribution in [-0.4, -0.2) is 69.4 Å². The molecule has 148 valence electrons. The van der Waals surface area contributed by atoms with Crippen LogP contribution in [0.4, 0.5) is 0 Å². The van der Waals surface area contributed by atoms with Crippen LogP contribution in [0.1, 0.15) is 20.3 Å². The van der Waals surface area contributed by atoms with Crippen molar-refractivity contribution in [3.63, 3.8) is 0 Å². The Kier molecular flexibility index (Phi) is 11.6. The Balaban J connectivity index is 0.00000338. The first kappa shape index (κ1) is 23.0. The molecule has 1 aromatic rings. The van der Waals surface area contributed by atoms with Crippen LogP contribution in [0.5, 0.6) is 5.75 Å². The van der Waals surface area contributed by atoms with Crippen LogP contribution in [0.15, 0.2) is 35.3 Å². The molecule has 0 spiro atoms. The fraction of sp³-hybridized carbons (Fsp3) is 0.632. The van der Waals surface area contributed by atoms with E-state index in [1.807, 2.05) is 30.3 Å². The number of halogens is 1. The van der Waals surface area contributed by atoms with Crippen LogP contribution >= 0.6 is 24.0 Å². The van der Waals surface area contributed by atoms with Crippen LogP contribution < -0.4 is 15.4 Å². The van der Waals surface area contributed by atoms with Gasteiger partial charge in [0, 0.05) is 33.2 Å². The molecule has 1 heterocycles. The van der Waals surface area contributed by atoms with Crippen molar-refractivity contribution in [3.05, 3.63) is 30.3 Å². The first-order chi connectivity index (χ1) is 12.2. The summed E-state index contributed by atoms with van der Waals surface area (Å²) in [6, 6.07) is 9.84. The number of guanidine groups is 1. The number of benzene rings is 1. The van der Waals surface area contributed by atoms with E-state index in [1.54, 1.807) is 7.05 Å². The summed E-state index contributed by atoms with van der Waals surface area (Å²) in [6.07, 6.45) is 1.74. The van der Waals surface area contributed by atoms with Gasteiger partial charge in [0.25, 0.3) is 0 Å². The molecule has 0 aliphatic carbocycles. The third-order valence-electron chi connectivity index (χ3n) is 4.07. The second-order valence-electron chi connectivity index (χ2n) is 6.46. The Labute approximate surface area is 174 Å². The molecular formula is C19H33IN4O2. The van der Waals surface area contributed by atoms with Crippen molar-refractivity contribution < 1.29 is 9.47 Å². The van der Waals surface area contributed by atoms with Gasteiger partial charge in [-0.3, -0.25) is 9.89 Å². The molecule has 1 saturated heterocycles. The van der Waals surface area contributed by atoms with Gasteiger partial charge in [0.15, 0.2) is 5.96 Å². The summed E-state index contributed by atoms with van der Waals surface area (Å²) in [5.74, 6) is 1.71. The molecular weight excluding hydrogens is 443 g/mol. The molecule has 0 aromatic heterocycles. The molecule has 0 saturated carbocycles. The fourth-order valence-electron chi connectivity index (χ4n) is 3.05. The largest absolute Gasteiger partial charge is 0.492 e. The molecule has 7 heteroatoms. The average molecular weight is 476 g/mol. The highest BCUT2D eigenvalue weighted by Crippen LogP contribution is 2.10. The zero-order valence-corrected chi connectivity index (χ0v) is 18.4. The first-order valence-corrected chi connectivity index (χ1v) is 9.17. The number of aliphatic imine (C=N–C) groups is 1. The van der Waals surface area contributed by atoms with E-state index in [-0.39, 0.29) is 24.0 Å². The molecule has 2 rings (SSSR count). The van der Waals surface area contributed by atoms with Gasteiger partial charge in [-0.05, 0) is 32.4 Å². The summed E-state index contributed by atoms with van der Waals surface area (Å²) in [4.78, 5) is 6.72. The fourth-order valence-corrected chi connectivity index (χ4v) is 3.05. The summed E-state index contributed by atoms with van der Waals surface area (Å²) in [7, 11) is 1.79. The molecule has 1 aromatic carbocycles. The number of nitrogens with one attached hydrogen (secondary N) is 2. The van der Waals surface area contributed by atoms with Gasteiger partial charge in [-0.1, -0.05) is 18.2 Å². The van der Waals surface area contributed by atoms with E-state index in [9.17, 15) is 0 Å². The van der Waals surface area contributed by atoms with Gasteiger partial charge in [0.2, 0.25) is 0 Å². The minimum absolute atomic E-state index is 0. The number of hydrogen-bond donors (Lipinski definition) is 2. The van der Waals surface area contributed by atoms with Gasteiger partial charge < -0.3 is 20.1 Å². The molecule has 1 aliphatic heterocycles. The van der Waals surface area contributed by atoms with Crippen LogP contribution in [0.25, 0.3) is 0 Å². The number of rotatable bonds is 8. The summed E-state index contributed by atoms with van der Waals surface area (Å²) < 4.78 is 11.4. The normalized spacial score (nSPS) is 21.0. The topological polar surface area (TPSA) is 58.1 Å². The van der Waals surface area contributed by atoms with E-state index in [0.717, 1.165) is 44.3 Å². The Bertz CT molecular complexity index is 506. The predicted octanol–water partition coefficient (Wildman–Crippen LogP) is 2.35. The highest BCUT2D eigenvalue weighted by molar-refractivity contribution is 14.0. The maximum atomic E-state index is 5.77. The zero-order valence-electron chi connectivity index (χ0n) is 16.1. The van der Waals surface area contributed by atoms with E-state index in [4.69, 9.17) is 9.47 Å². The standard InChI is InChI=1S/C19H32N4O2.HI/c1-16-14-23(15-17(2)25-16)12-7-10-21-19(20-3)22-11-13-24-18-8-5-4-6-9-18;/h4-6,8-9,16-17H,7,10-15H2,1-3H3,(H2,20,21,22);1H. The smallest absolute Gasteiger partial charge is 0.191 e. The van der Waals surface area contributed by atoms with Gasteiger partial charge in [-0.15, -0.1) is 24.0 Å². The van der Waals surface area contributed by atoms with Crippen LogP contribution in [0, 0.1) is 0 Å². The van der Waals surface area contributed by atoms with Crippen molar-refractivity contribution in [2.24, 2.45) is 4.99 Å². The lowest BCUT2D eigenvalue weighted by atomic mass is 10.2. The van der Waals surface area contributed by atoms with Crippen molar-refractivity contribution in [2.45, 2.75) is 32.5 Å². The van der Waals surface area contributed by atoms with Crippen LogP contribution in [-0.2, 0) is 4.74 Å². The molecule has 1 aliphatic rings. The minimum Gasteiger partial charge on any atom is -0.492 e. The summed E-state index contributed by atoms with van der Waals surface area (Å²) in [6.45, 7) is 9.64.